The summed E-state index contributed by atoms with van der Waals surface area (Å²) in [6.07, 6.45) is 5.32. The molecule has 3 atom stereocenters. The van der Waals surface area contributed by atoms with Gasteiger partial charge >= 0.3 is 7.12 Å². The van der Waals surface area contributed by atoms with Crippen molar-refractivity contribution in [2.75, 3.05) is 4.90 Å². The summed E-state index contributed by atoms with van der Waals surface area (Å²) in [5.41, 5.74) is 1.72. The normalized spacial score (nSPS) is 33.6. The molecule has 3 heterocycles. The number of aliphatic hydroxyl groups is 1. The van der Waals surface area contributed by atoms with Crippen molar-refractivity contribution in [2.24, 2.45) is 0 Å². The molecule has 3 aliphatic heterocycles. The minimum atomic E-state index is -0.309. The molecule has 136 valence electrons. The molecule has 3 fully saturated rings. The Morgan fingerprint density at radius 2 is 1.48 bits per heavy atom. The number of nitrogens with zero attached hydrogens (tertiary/aromatic N) is 1. The summed E-state index contributed by atoms with van der Waals surface area (Å²) in [5.74, 6) is 0. The topological polar surface area (TPSA) is 41.9 Å². The maximum absolute atomic E-state index is 10.1. The van der Waals surface area contributed by atoms with Crippen LogP contribution in [0.2, 0.25) is 0 Å². The lowest BCUT2D eigenvalue weighted by Crippen LogP contribution is -2.53. The quantitative estimate of drug-likeness (QED) is 0.839. The molecular formula is C20H30BNO3. The number of hydrogen-bond donors (Lipinski definition) is 1. The second-order valence-corrected chi connectivity index (χ2v) is 8.95. The van der Waals surface area contributed by atoms with E-state index in [9.17, 15) is 5.11 Å². The average molecular weight is 343 g/mol. The number of aliphatic hydroxyl groups excluding tert-OH is 1. The molecule has 25 heavy (non-hydrogen) atoms. The molecule has 3 aliphatic rings. The van der Waals surface area contributed by atoms with Crippen LogP contribution >= 0.6 is 0 Å². The molecule has 1 aromatic rings. The number of anilines is 1. The Kier molecular flexibility index (Phi) is 4.17. The van der Waals surface area contributed by atoms with E-state index in [0.29, 0.717) is 12.1 Å². The molecule has 0 saturated carbocycles. The first kappa shape index (κ1) is 17.4. The largest absolute Gasteiger partial charge is 0.494 e. The molecule has 1 unspecified atom stereocenters. The highest BCUT2D eigenvalue weighted by atomic mass is 16.7. The second-order valence-electron chi connectivity index (χ2n) is 8.95. The second kappa shape index (κ2) is 6.00. The Morgan fingerprint density at radius 1 is 0.960 bits per heavy atom. The van der Waals surface area contributed by atoms with E-state index in [1.807, 2.05) is 0 Å². The Hall–Kier alpha value is -1.04. The van der Waals surface area contributed by atoms with Crippen molar-refractivity contribution in [2.45, 2.75) is 89.2 Å². The van der Waals surface area contributed by atoms with E-state index in [0.717, 1.165) is 18.3 Å². The van der Waals surface area contributed by atoms with Crippen LogP contribution < -0.4 is 10.4 Å². The standard InChI is InChI=1S/C20H30BNO3/c1-19(2)20(3,4)25-21(24-19)14-8-10-15(11-9-14)22-16-6-5-7-17(22)13-18(23)12-16/h8-11,16-18,23H,5-7,12-13H2,1-4H3/t16-,17+,18?. The van der Waals surface area contributed by atoms with Gasteiger partial charge in [-0.3, -0.25) is 0 Å². The van der Waals surface area contributed by atoms with Crippen LogP contribution in [0.25, 0.3) is 0 Å². The first-order valence-electron chi connectivity index (χ1n) is 9.69. The third-order valence-electron chi connectivity index (χ3n) is 6.67. The van der Waals surface area contributed by atoms with Crippen molar-refractivity contribution in [3.05, 3.63) is 24.3 Å². The van der Waals surface area contributed by atoms with E-state index in [4.69, 9.17) is 9.31 Å². The lowest BCUT2D eigenvalue weighted by atomic mass is 9.78. The van der Waals surface area contributed by atoms with Gasteiger partial charge < -0.3 is 19.3 Å². The van der Waals surface area contributed by atoms with Gasteiger partial charge in [0.15, 0.2) is 0 Å². The van der Waals surface area contributed by atoms with Crippen molar-refractivity contribution < 1.29 is 14.4 Å². The predicted octanol–water partition coefficient (Wildman–Crippen LogP) is 2.87. The van der Waals surface area contributed by atoms with Gasteiger partial charge in [0.05, 0.1) is 17.3 Å². The van der Waals surface area contributed by atoms with Gasteiger partial charge in [-0.05, 0) is 77.4 Å². The van der Waals surface area contributed by atoms with Gasteiger partial charge in [0.1, 0.15) is 0 Å². The molecule has 4 nitrogen and oxygen atoms in total. The fourth-order valence-corrected chi connectivity index (χ4v) is 4.56. The van der Waals surface area contributed by atoms with E-state index in [-0.39, 0.29) is 24.4 Å². The summed E-state index contributed by atoms with van der Waals surface area (Å²) in [5, 5.41) is 10.1. The molecular weight excluding hydrogens is 313 g/mol. The summed E-state index contributed by atoms with van der Waals surface area (Å²) in [6, 6.07) is 9.62. The van der Waals surface area contributed by atoms with Crippen molar-refractivity contribution in [1.82, 2.24) is 0 Å². The lowest BCUT2D eigenvalue weighted by Gasteiger charge is -2.49. The number of hydrogen-bond acceptors (Lipinski definition) is 4. The van der Waals surface area contributed by atoms with Crippen LogP contribution in [0.3, 0.4) is 0 Å². The van der Waals surface area contributed by atoms with Gasteiger partial charge in [-0.25, -0.2) is 0 Å². The van der Waals surface area contributed by atoms with Crippen molar-refractivity contribution in [3.63, 3.8) is 0 Å². The number of piperidine rings is 2. The number of rotatable bonds is 2. The zero-order valence-electron chi connectivity index (χ0n) is 15.9. The van der Waals surface area contributed by atoms with Crippen molar-refractivity contribution in [1.29, 1.82) is 0 Å². The van der Waals surface area contributed by atoms with Crippen LogP contribution in [0.5, 0.6) is 0 Å². The molecule has 5 heteroatoms. The molecule has 0 amide bonds. The van der Waals surface area contributed by atoms with Gasteiger partial charge in [0.2, 0.25) is 0 Å². The average Bonchev–Trinajstić information content (AvgIpc) is 2.75. The number of benzene rings is 1. The van der Waals surface area contributed by atoms with E-state index < -0.39 is 0 Å². The third kappa shape index (κ3) is 3.00. The fraction of sp³-hybridized carbons (Fsp3) is 0.700. The highest BCUT2D eigenvalue weighted by Crippen LogP contribution is 2.38. The third-order valence-corrected chi connectivity index (χ3v) is 6.67. The molecule has 0 spiro atoms. The van der Waals surface area contributed by atoms with E-state index in [1.165, 1.54) is 24.9 Å². The first-order valence-corrected chi connectivity index (χ1v) is 9.69. The van der Waals surface area contributed by atoms with E-state index in [1.54, 1.807) is 0 Å². The maximum atomic E-state index is 10.1. The summed E-state index contributed by atoms with van der Waals surface area (Å²) in [7, 11) is -0.304. The lowest BCUT2D eigenvalue weighted by molar-refractivity contribution is 0.00578. The molecule has 4 rings (SSSR count). The molecule has 0 radical (unpaired) electrons. The van der Waals surface area contributed by atoms with Gasteiger partial charge in [0, 0.05) is 17.8 Å². The highest BCUT2D eigenvalue weighted by Gasteiger charge is 2.51. The van der Waals surface area contributed by atoms with E-state index in [2.05, 4.69) is 56.9 Å². The van der Waals surface area contributed by atoms with Crippen LogP contribution in [0, 0.1) is 0 Å². The minimum Gasteiger partial charge on any atom is -0.399 e. The highest BCUT2D eigenvalue weighted by molar-refractivity contribution is 6.62. The summed E-state index contributed by atoms with van der Waals surface area (Å²) < 4.78 is 12.3. The SMILES string of the molecule is CC1(C)OB(c2ccc(N3[C@@H]4CCC[C@H]3CC(O)C4)cc2)OC1(C)C. The smallest absolute Gasteiger partial charge is 0.399 e. The van der Waals surface area contributed by atoms with Gasteiger partial charge in [0.25, 0.3) is 0 Å². The van der Waals surface area contributed by atoms with Crippen molar-refractivity contribution >= 4 is 18.3 Å². The Balaban J connectivity index is 1.53. The maximum Gasteiger partial charge on any atom is 0.494 e. The minimum absolute atomic E-state index is 0.129. The summed E-state index contributed by atoms with van der Waals surface area (Å²) in [4.78, 5) is 2.55. The number of fused-ring (bicyclic) bond motifs is 2. The first-order chi connectivity index (χ1) is 11.8. The Labute approximate surface area is 151 Å². The van der Waals surface area contributed by atoms with E-state index >= 15 is 0 Å². The van der Waals surface area contributed by atoms with Crippen LogP contribution in [0.15, 0.2) is 24.3 Å². The predicted molar refractivity (Wildman–Crippen MR) is 101 cm³/mol. The van der Waals surface area contributed by atoms with Crippen LogP contribution in [-0.4, -0.2) is 41.6 Å². The van der Waals surface area contributed by atoms with Gasteiger partial charge in [-0.1, -0.05) is 12.1 Å². The molecule has 2 bridgehead atoms. The van der Waals surface area contributed by atoms with Crippen molar-refractivity contribution in [3.8, 4) is 0 Å². The zero-order chi connectivity index (χ0) is 17.8. The molecule has 0 aromatic heterocycles. The van der Waals surface area contributed by atoms with Gasteiger partial charge in [-0.2, -0.15) is 0 Å². The molecule has 1 aromatic carbocycles. The Bertz CT molecular complexity index is 600. The molecule has 3 saturated heterocycles. The van der Waals surface area contributed by atoms with Gasteiger partial charge in [-0.15, -0.1) is 0 Å². The molecule has 0 aliphatic carbocycles. The zero-order valence-corrected chi connectivity index (χ0v) is 15.9. The van der Waals surface area contributed by atoms with Crippen LogP contribution in [-0.2, 0) is 9.31 Å². The fourth-order valence-electron chi connectivity index (χ4n) is 4.56. The van der Waals surface area contributed by atoms with Crippen LogP contribution in [0.1, 0.15) is 59.8 Å². The Morgan fingerprint density at radius 3 is 2.00 bits per heavy atom. The molecule has 1 N–H and O–H groups in total. The summed E-state index contributed by atoms with van der Waals surface area (Å²) >= 11 is 0. The summed E-state index contributed by atoms with van der Waals surface area (Å²) in [6.45, 7) is 8.34. The monoisotopic (exact) mass is 343 g/mol. The van der Waals surface area contributed by atoms with Crippen LogP contribution in [0.4, 0.5) is 5.69 Å².